The largest absolute Gasteiger partial charge is 0.382 e. The fourth-order valence-electron chi connectivity index (χ4n) is 3.09. The first kappa shape index (κ1) is 17.0. The van der Waals surface area contributed by atoms with E-state index in [1.807, 2.05) is 24.7 Å². The normalized spacial score (nSPS) is 22.6. The van der Waals surface area contributed by atoms with Crippen LogP contribution in [0, 0.1) is 0 Å². The summed E-state index contributed by atoms with van der Waals surface area (Å²) in [4.78, 5) is 6.59. The molecule has 0 radical (unpaired) electrons. The van der Waals surface area contributed by atoms with E-state index < -0.39 is 5.60 Å². The van der Waals surface area contributed by atoms with E-state index >= 15 is 0 Å². The molecule has 1 aliphatic rings. The third kappa shape index (κ3) is 3.21. The predicted octanol–water partition coefficient (Wildman–Crippen LogP) is 1.30. The Morgan fingerprint density at radius 2 is 2.08 bits per heavy atom. The summed E-state index contributed by atoms with van der Waals surface area (Å²) in [6.07, 6.45) is 4.09. The van der Waals surface area contributed by atoms with Crippen molar-refractivity contribution in [1.82, 2.24) is 34.7 Å². The highest BCUT2D eigenvalue weighted by Gasteiger charge is 2.40. The molecule has 0 aliphatic carbocycles. The molecule has 2 aromatic rings. The highest BCUT2D eigenvalue weighted by atomic mass is 16.3. The summed E-state index contributed by atoms with van der Waals surface area (Å²) in [6, 6.07) is 0.234. The Morgan fingerprint density at radius 3 is 2.71 bits per heavy atom. The molecule has 1 atom stereocenters. The highest BCUT2D eigenvalue weighted by Crippen LogP contribution is 2.31. The third-order valence-corrected chi connectivity index (χ3v) is 4.46. The van der Waals surface area contributed by atoms with Gasteiger partial charge in [-0.1, -0.05) is 5.21 Å². The van der Waals surface area contributed by atoms with Crippen LogP contribution in [0.3, 0.4) is 0 Å². The van der Waals surface area contributed by atoms with Crippen LogP contribution in [0.1, 0.15) is 58.6 Å². The number of hydrogen-bond donors (Lipinski definition) is 1. The molecule has 0 saturated carbocycles. The van der Waals surface area contributed by atoms with Crippen LogP contribution in [0.25, 0.3) is 0 Å². The van der Waals surface area contributed by atoms with Gasteiger partial charge < -0.3 is 5.11 Å². The highest BCUT2D eigenvalue weighted by molar-refractivity contribution is 5.11. The van der Waals surface area contributed by atoms with Crippen molar-refractivity contribution >= 4 is 0 Å². The molecule has 8 heteroatoms. The van der Waals surface area contributed by atoms with E-state index in [2.05, 4.69) is 46.1 Å². The molecule has 0 bridgehead atoms. The van der Waals surface area contributed by atoms with Crippen LogP contribution >= 0.6 is 0 Å². The van der Waals surface area contributed by atoms with Gasteiger partial charge >= 0.3 is 0 Å². The lowest BCUT2D eigenvalue weighted by atomic mass is 10.00. The van der Waals surface area contributed by atoms with Crippen LogP contribution in [0.5, 0.6) is 0 Å². The number of nitrogens with zero attached hydrogens (tertiary/aromatic N) is 7. The van der Waals surface area contributed by atoms with Crippen LogP contribution in [0.2, 0.25) is 0 Å². The molecule has 3 heterocycles. The molecule has 0 amide bonds. The summed E-state index contributed by atoms with van der Waals surface area (Å²) in [5.41, 5.74) is -0.405. The minimum Gasteiger partial charge on any atom is -0.382 e. The molecule has 24 heavy (non-hydrogen) atoms. The van der Waals surface area contributed by atoms with Crippen molar-refractivity contribution in [2.24, 2.45) is 0 Å². The zero-order chi connectivity index (χ0) is 17.5. The van der Waals surface area contributed by atoms with E-state index in [0.717, 1.165) is 12.4 Å². The summed E-state index contributed by atoms with van der Waals surface area (Å²) in [5, 5.41) is 23.6. The van der Waals surface area contributed by atoms with Crippen LogP contribution < -0.4 is 0 Å². The van der Waals surface area contributed by atoms with Crippen molar-refractivity contribution in [3.8, 4) is 0 Å². The lowest BCUT2D eigenvalue weighted by molar-refractivity contribution is 0.0402. The monoisotopic (exact) mass is 333 g/mol. The molecule has 1 fully saturated rings. The average Bonchev–Trinajstić information content (AvgIpc) is 3.18. The second-order valence-electron chi connectivity index (χ2n) is 7.93. The minimum atomic E-state index is -0.945. The minimum absolute atomic E-state index is 0.109. The van der Waals surface area contributed by atoms with Crippen molar-refractivity contribution in [3.63, 3.8) is 0 Å². The van der Waals surface area contributed by atoms with Crippen LogP contribution in [-0.2, 0) is 17.7 Å². The van der Waals surface area contributed by atoms with Crippen molar-refractivity contribution in [1.29, 1.82) is 0 Å². The smallest absolute Gasteiger partial charge is 0.141 e. The Bertz CT molecular complexity index is 699. The van der Waals surface area contributed by atoms with Gasteiger partial charge in [0.05, 0.1) is 18.3 Å². The summed E-state index contributed by atoms with van der Waals surface area (Å²) >= 11 is 0. The van der Waals surface area contributed by atoms with Gasteiger partial charge in [0, 0.05) is 19.1 Å². The van der Waals surface area contributed by atoms with E-state index in [1.165, 1.54) is 0 Å². The summed E-state index contributed by atoms with van der Waals surface area (Å²) in [6.45, 7) is 12.4. The van der Waals surface area contributed by atoms with Gasteiger partial charge in [-0.2, -0.15) is 5.10 Å². The number of hydrogen-bond acceptors (Lipinski definition) is 6. The van der Waals surface area contributed by atoms with E-state index in [9.17, 15) is 5.11 Å². The molecule has 8 nitrogen and oxygen atoms in total. The van der Waals surface area contributed by atoms with Gasteiger partial charge in [0.1, 0.15) is 23.4 Å². The molecular formula is C16H27N7O. The lowest BCUT2D eigenvalue weighted by Gasteiger charge is -2.24. The first-order chi connectivity index (χ1) is 11.2. The SMILES string of the molecule is CC(C)n1cc([C@@]2(O)CCN(Cc3ncnn3C(C)(C)C)C2)nn1. The molecule has 3 rings (SSSR count). The zero-order valence-corrected chi connectivity index (χ0v) is 15.1. The quantitative estimate of drug-likeness (QED) is 0.908. The summed E-state index contributed by atoms with van der Waals surface area (Å²) in [7, 11) is 0. The summed E-state index contributed by atoms with van der Waals surface area (Å²) in [5.74, 6) is 0.914. The number of aromatic nitrogens is 6. The number of aliphatic hydroxyl groups is 1. The molecule has 1 N–H and O–H groups in total. The summed E-state index contributed by atoms with van der Waals surface area (Å²) < 4.78 is 3.73. The molecule has 1 saturated heterocycles. The Hall–Kier alpha value is -1.80. The number of likely N-dealkylation sites (tertiary alicyclic amines) is 1. The Kier molecular flexibility index (Phi) is 4.21. The molecule has 1 aliphatic heterocycles. The first-order valence-electron chi connectivity index (χ1n) is 8.45. The fourth-order valence-corrected chi connectivity index (χ4v) is 3.09. The molecule has 132 valence electrons. The molecule has 0 spiro atoms. The van der Waals surface area contributed by atoms with Crippen LogP contribution in [0.4, 0.5) is 0 Å². The van der Waals surface area contributed by atoms with Crippen molar-refractivity contribution in [3.05, 3.63) is 24.0 Å². The fraction of sp³-hybridized carbons (Fsp3) is 0.750. The first-order valence-corrected chi connectivity index (χ1v) is 8.45. The van der Waals surface area contributed by atoms with Crippen LogP contribution in [-0.4, -0.2) is 52.9 Å². The van der Waals surface area contributed by atoms with Gasteiger partial charge in [0.2, 0.25) is 0 Å². The second kappa shape index (κ2) is 5.93. The van der Waals surface area contributed by atoms with Gasteiger partial charge in [-0.15, -0.1) is 5.10 Å². The Morgan fingerprint density at radius 1 is 1.33 bits per heavy atom. The molecule has 0 aromatic carbocycles. The standard InChI is InChI=1S/C16H27N7O/c1-12(2)22-8-13(19-20-22)16(24)6-7-21(10-16)9-14-17-11-18-23(14)15(3,4)5/h8,11-12,24H,6-7,9-10H2,1-5H3/t16-/m1/s1. The molecule has 0 unspecified atom stereocenters. The zero-order valence-electron chi connectivity index (χ0n) is 15.1. The van der Waals surface area contributed by atoms with Gasteiger partial charge in [0.15, 0.2) is 0 Å². The van der Waals surface area contributed by atoms with Crippen molar-refractivity contribution in [2.75, 3.05) is 13.1 Å². The lowest BCUT2D eigenvalue weighted by Crippen LogP contribution is -2.33. The van der Waals surface area contributed by atoms with Gasteiger partial charge in [-0.3, -0.25) is 4.90 Å². The topological polar surface area (TPSA) is 84.9 Å². The molecule has 2 aromatic heterocycles. The van der Waals surface area contributed by atoms with Gasteiger partial charge in [-0.05, 0) is 41.0 Å². The van der Waals surface area contributed by atoms with E-state index in [4.69, 9.17) is 0 Å². The maximum absolute atomic E-state index is 11.0. The van der Waals surface area contributed by atoms with E-state index in [0.29, 0.717) is 25.2 Å². The number of rotatable bonds is 4. The Balaban J connectivity index is 1.72. The van der Waals surface area contributed by atoms with Crippen molar-refractivity contribution < 1.29 is 5.11 Å². The van der Waals surface area contributed by atoms with E-state index in [1.54, 1.807) is 11.0 Å². The number of β-amino-alcohol motifs (C(OH)–C–C–N with tert-alkyl or cyclic N) is 1. The van der Waals surface area contributed by atoms with E-state index in [-0.39, 0.29) is 11.6 Å². The van der Waals surface area contributed by atoms with Gasteiger partial charge in [0.25, 0.3) is 0 Å². The van der Waals surface area contributed by atoms with Crippen LogP contribution in [0.15, 0.2) is 12.5 Å². The third-order valence-electron chi connectivity index (χ3n) is 4.46. The predicted molar refractivity (Wildman–Crippen MR) is 89.2 cm³/mol. The average molecular weight is 333 g/mol. The Labute approximate surface area is 142 Å². The second-order valence-corrected chi connectivity index (χ2v) is 7.93. The maximum atomic E-state index is 11.0. The maximum Gasteiger partial charge on any atom is 0.141 e. The van der Waals surface area contributed by atoms with Crippen molar-refractivity contribution in [2.45, 2.75) is 64.8 Å². The molecular weight excluding hydrogens is 306 g/mol. The van der Waals surface area contributed by atoms with Gasteiger partial charge in [-0.25, -0.2) is 14.3 Å².